The van der Waals surface area contributed by atoms with Gasteiger partial charge in [0.1, 0.15) is 5.69 Å². The van der Waals surface area contributed by atoms with Crippen LogP contribution >= 0.6 is 11.6 Å². The van der Waals surface area contributed by atoms with Crippen LogP contribution in [0, 0.1) is 20.2 Å². The molecule has 9 nitrogen and oxygen atoms in total. The molecule has 0 amide bonds. The van der Waals surface area contributed by atoms with Crippen LogP contribution in [0.25, 0.3) is 0 Å². The van der Waals surface area contributed by atoms with E-state index in [0.29, 0.717) is 5.69 Å². The first-order chi connectivity index (χ1) is 11.9. The van der Waals surface area contributed by atoms with E-state index in [1.807, 2.05) is 0 Å². The number of hydrogen-bond donors (Lipinski definition) is 1. The fourth-order valence-corrected chi connectivity index (χ4v) is 2.25. The third-order valence-electron chi connectivity index (χ3n) is 3.15. The van der Waals surface area contributed by atoms with Gasteiger partial charge in [-0.15, -0.1) is 0 Å². The molecule has 10 heteroatoms. The van der Waals surface area contributed by atoms with Gasteiger partial charge in [0.05, 0.1) is 16.4 Å². The van der Waals surface area contributed by atoms with Crippen LogP contribution in [0.4, 0.5) is 17.1 Å². The Hall–Kier alpha value is -3.20. The van der Waals surface area contributed by atoms with E-state index in [2.05, 4.69) is 10.3 Å². The number of nitrogens with zero attached hydrogens (tertiary/aromatic N) is 3. The number of nitro benzene ring substituents is 2. The molecule has 0 fully saturated rings. The Bertz CT molecular complexity index is 841. The van der Waals surface area contributed by atoms with Crippen LogP contribution in [0.3, 0.4) is 0 Å². The number of benzene rings is 2. The van der Waals surface area contributed by atoms with Crippen molar-refractivity contribution in [3.05, 3.63) is 67.2 Å². The fraction of sp³-hybridized carbons (Fsp3) is 0.133. The molecule has 2 rings (SSSR count). The number of para-hydroxylation sites is 2. The first-order valence-electron chi connectivity index (χ1n) is 7.02. The summed E-state index contributed by atoms with van der Waals surface area (Å²) in [6.45, 7) is 0.476. The van der Waals surface area contributed by atoms with Crippen LogP contribution in [-0.4, -0.2) is 29.2 Å². The van der Waals surface area contributed by atoms with Crippen LogP contribution in [0.5, 0.6) is 5.75 Å². The second-order valence-corrected chi connectivity index (χ2v) is 5.27. The van der Waals surface area contributed by atoms with Crippen LogP contribution in [0.2, 0.25) is 5.02 Å². The first-order valence-corrected chi connectivity index (χ1v) is 7.40. The van der Waals surface area contributed by atoms with Crippen LogP contribution in [-0.2, 0) is 0 Å². The van der Waals surface area contributed by atoms with Gasteiger partial charge in [0, 0.05) is 29.9 Å². The molecular weight excluding hydrogens is 352 g/mol. The van der Waals surface area contributed by atoms with Gasteiger partial charge < -0.3 is 10.4 Å². The molecule has 0 spiro atoms. The molecule has 0 saturated carbocycles. The number of nitrogens with one attached hydrogen (secondary N) is 1. The predicted octanol–water partition coefficient (Wildman–Crippen LogP) is 2.76. The third kappa shape index (κ3) is 4.64. The van der Waals surface area contributed by atoms with E-state index >= 15 is 0 Å². The second kappa shape index (κ2) is 8.06. The minimum absolute atomic E-state index is 0.00453. The highest BCUT2D eigenvalue weighted by Crippen LogP contribution is 2.30. The minimum Gasteiger partial charge on any atom is -0.867 e. The lowest BCUT2D eigenvalue weighted by molar-refractivity contribution is -0.398. The number of rotatable bonds is 7. The van der Waals surface area contributed by atoms with Gasteiger partial charge in [-0.1, -0.05) is 23.7 Å². The molecule has 0 bridgehead atoms. The number of anilines is 1. The Morgan fingerprint density at radius 2 is 1.80 bits per heavy atom. The SMILES string of the molecule is O=[N+]([O-])c1ccccc1NCCN=Cc1cc(Cl)cc([N+](=O)[O-])c1[O-]. The normalized spacial score (nSPS) is 10.8. The van der Waals surface area contributed by atoms with Crippen LogP contribution < -0.4 is 10.4 Å². The lowest BCUT2D eigenvalue weighted by Gasteiger charge is -2.10. The van der Waals surface area contributed by atoms with Crippen LogP contribution in [0.1, 0.15) is 5.56 Å². The van der Waals surface area contributed by atoms with Gasteiger partial charge in [0.2, 0.25) is 0 Å². The number of halogens is 1. The van der Waals surface area contributed by atoms with E-state index in [4.69, 9.17) is 11.6 Å². The molecule has 0 unspecified atom stereocenters. The molecule has 1 N–H and O–H groups in total. The van der Waals surface area contributed by atoms with E-state index in [1.165, 1.54) is 18.3 Å². The molecule has 0 aliphatic rings. The van der Waals surface area contributed by atoms with Crippen molar-refractivity contribution in [3.8, 4) is 5.75 Å². The largest absolute Gasteiger partial charge is 0.867 e. The van der Waals surface area contributed by atoms with Crippen molar-refractivity contribution in [1.29, 1.82) is 0 Å². The maximum Gasteiger partial charge on any atom is 0.292 e. The molecule has 0 radical (unpaired) electrons. The monoisotopic (exact) mass is 363 g/mol. The Morgan fingerprint density at radius 1 is 1.12 bits per heavy atom. The molecule has 0 aliphatic carbocycles. The first kappa shape index (κ1) is 18.1. The zero-order valence-electron chi connectivity index (χ0n) is 12.7. The molecule has 130 valence electrons. The van der Waals surface area contributed by atoms with Crippen molar-refractivity contribution in [2.75, 3.05) is 18.4 Å². The summed E-state index contributed by atoms with van der Waals surface area (Å²) in [6, 6.07) is 8.43. The molecule has 2 aromatic carbocycles. The van der Waals surface area contributed by atoms with E-state index < -0.39 is 21.3 Å². The molecule has 0 saturated heterocycles. The summed E-state index contributed by atoms with van der Waals surface area (Å²) in [5.41, 5.74) is -0.318. The Labute approximate surface area is 146 Å². The Morgan fingerprint density at radius 3 is 2.48 bits per heavy atom. The summed E-state index contributed by atoms with van der Waals surface area (Å²) >= 11 is 5.75. The van der Waals surface area contributed by atoms with Crippen molar-refractivity contribution in [3.63, 3.8) is 0 Å². The van der Waals surface area contributed by atoms with Crippen LogP contribution in [0.15, 0.2) is 41.4 Å². The van der Waals surface area contributed by atoms with E-state index in [0.717, 1.165) is 6.07 Å². The van der Waals surface area contributed by atoms with E-state index in [9.17, 15) is 25.3 Å². The molecule has 0 atom stereocenters. The molecule has 2 aromatic rings. The molecule has 0 aromatic heterocycles. The summed E-state index contributed by atoms with van der Waals surface area (Å²) in [5, 5.41) is 36.5. The lowest BCUT2D eigenvalue weighted by Crippen LogP contribution is -2.07. The van der Waals surface area contributed by atoms with E-state index in [1.54, 1.807) is 18.2 Å². The molecule has 25 heavy (non-hydrogen) atoms. The van der Waals surface area contributed by atoms with Gasteiger partial charge in [-0.05, 0) is 23.4 Å². The standard InChI is InChI=1S/C15H13ClN4O5/c16-11-7-10(15(21)14(8-11)20(24)25)9-17-5-6-18-12-3-1-2-4-13(12)19(22)23/h1-4,7-9,18,21H,5-6H2/p-1. The maximum absolute atomic E-state index is 11.9. The van der Waals surface area contributed by atoms with Gasteiger partial charge >= 0.3 is 0 Å². The van der Waals surface area contributed by atoms with Crippen molar-refractivity contribution in [2.24, 2.45) is 4.99 Å². The number of nitro groups is 2. The summed E-state index contributed by atoms with van der Waals surface area (Å²) < 4.78 is 0. The van der Waals surface area contributed by atoms with Gasteiger partial charge in [0.15, 0.2) is 0 Å². The summed E-state index contributed by atoms with van der Waals surface area (Å²) in [7, 11) is 0. The van der Waals surface area contributed by atoms with Gasteiger partial charge in [-0.2, -0.15) is 0 Å². The fourth-order valence-electron chi connectivity index (χ4n) is 2.03. The maximum atomic E-state index is 11.9. The molecule has 0 aliphatic heterocycles. The Balaban J connectivity index is 2.01. The quantitative estimate of drug-likeness (QED) is 0.348. The van der Waals surface area contributed by atoms with Gasteiger partial charge in [-0.25, -0.2) is 0 Å². The van der Waals surface area contributed by atoms with Gasteiger partial charge in [0.25, 0.3) is 11.4 Å². The van der Waals surface area contributed by atoms with E-state index in [-0.39, 0.29) is 29.4 Å². The highest BCUT2D eigenvalue weighted by Gasteiger charge is 2.12. The summed E-state index contributed by atoms with van der Waals surface area (Å²) in [4.78, 5) is 24.4. The molecular formula is C15H12ClN4O5-. The lowest BCUT2D eigenvalue weighted by atomic mass is 10.2. The van der Waals surface area contributed by atoms with Crippen molar-refractivity contribution >= 4 is 34.9 Å². The second-order valence-electron chi connectivity index (χ2n) is 4.84. The van der Waals surface area contributed by atoms with Crippen molar-refractivity contribution in [1.82, 2.24) is 0 Å². The summed E-state index contributed by atoms with van der Waals surface area (Å²) in [6.07, 6.45) is 1.20. The number of aliphatic imine (C=N–C) groups is 1. The average Bonchev–Trinajstić information content (AvgIpc) is 2.57. The van der Waals surface area contributed by atoms with Crippen molar-refractivity contribution < 1.29 is 15.0 Å². The minimum atomic E-state index is -0.804. The zero-order chi connectivity index (χ0) is 18.4. The van der Waals surface area contributed by atoms with Crippen molar-refractivity contribution in [2.45, 2.75) is 0 Å². The zero-order valence-corrected chi connectivity index (χ0v) is 13.5. The average molecular weight is 364 g/mol. The Kier molecular flexibility index (Phi) is 5.85. The summed E-state index contributed by atoms with van der Waals surface area (Å²) in [5.74, 6) is -0.773. The van der Waals surface area contributed by atoms with Gasteiger partial charge in [-0.3, -0.25) is 25.2 Å². The third-order valence-corrected chi connectivity index (χ3v) is 3.37. The highest BCUT2D eigenvalue weighted by molar-refractivity contribution is 6.31. The molecule has 0 heterocycles. The highest BCUT2D eigenvalue weighted by atomic mass is 35.5. The number of hydrogen-bond acceptors (Lipinski definition) is 7. The predicted molar refractivity (Wildman–Crippen MR) is 91.6 cm³/mol. The smallest absolute Gasteiger partial charge is 0.292 e. The topological polar surface area (TPSA) is 134 Å².